The van der Waals surface area contributed by atoms with Gasteiger partial charge in [-0.2, -0.15) is 19.6 Å². The van der Waals surface area contributed by atoms with Crippen LogP contribution in [-0.4, -0.2) is 55.7 Å². The monoisotopic (exact) mass is 566 g/mol. The minimum Gasteiger partial charge on any atom is -0.497 e. The van der Waals surface area contributed by atoms with E-state index >= 15 is 0 Å². The zero-order valence-corrected chi connectivity index (χ0v) is 23.7. The number of methoxy groups -OCH3 is 1. The lowest BCUT2D eigenvalue weighted by Crippen LogP contribution is -2.58. The predicted molar refractivity (Wildman–Crippen MR) is 154 cm³/mol. The van der Waals surface area contributed by atoms with Crippen molar-refractivity contribution >= 4 is 51.2 Å². The van der Waals surface area contributed by atoms with E-state index in [9.17, 15) is 9.90 Å². The summed E-state index contributed by atoms with van der Waals surface area (Å²) in [6, 6.07) is 7.15. The topological polar surface area (TPSA) is 130 Å². The molecule has 0 fully saturated rings. The van der Waals surface area contributed by atoms with E-state index in [0.717, 1.165) is 36.1 Å². The normalized spacial score (nSPS) is 18.5. The molecule has 204 valence electrons. The molecule has 1 unspecified atom stereocenters. The van der Waals surface area contributed by atoms with Gasteiger partial charge >= 0.3 is 0 Å². The van der Waals surface area contributed by atoms with Crippen LogP contribution >= 0.6 is 23.1 Å². The van der Waals surface area contributed by atoms with E-state index in [4.69, 9.17) is 9.72 Å². The van der Waals surface area contributed by atoms with Crippen molar-refractivity contribution in [1.82, 2.24) is 24.6 Å². The average Bonchev–Trinajstić information content (AvgIpc) is 3.32. The number of rotatable bonds is 7. The van der Waals surface area contributed by atoms with Crippen LogP contribution < -0.4 is 25.9 Å². The summed E-state index contributed by atoms with van der Waals surface area (Å²) in [6.07, 6.45) is 3.97. The van der Waals surface area contributed by atoms with Crippen LogP contribution in [0.4, 0.5) is 17.8 Å². The molecule has 13 heteroatoms. The van der Waals surface area contributed by atoms with E-state index in [0.29, 0.717) is 46.8 Å². The molecule has 0 radical (unpaired) electrons. The number of anilines is 3. The van der Waals surface area contributed by atoms with Gasteiger partial charge in [0.25, 0.3) is 11.5 Å². The zero-order valence-electron chi connectivity index (χ0n) is 22.0. The summed E-state index contributed by atoms with van der Waals surface area (Å²) < 4.78 is 6.79. The fraction of sp³-hybridized carbons (Fsp3) is 0.423. The fourth-order valence-electron chi connectivity index (χ4n) is 5.09. The molecule has 39 heavy (non-hydrogen) atoms. The quantitative estimate of drug-likeness (QED) is 0.284. The molecule has 3 aromatic heterocycles. The van der Waals surface area contributed by atoms with Crippen molar-refractivity contribution in [3.05, 3.63) is 50.6 Å². The van der Waals surface area contributed by atoms with E-state index in [1.807, 2.05) is 13.8 Å². The summed E-state index contributed by atoms with van der Waals surface area (Å²) >= 11 is 2.94. The number of thiophene rings is 1. The third-order valence-corrected chi connectivity index (χ3v) is 9.18. The number of ether oxygens (including phenoxy) is 1. The van der Waals surface area contributed by atoms with Crippen molar-refractivity contribution in [1.29, 1.82) is 0 Å². The first-order chi connectivity index (χ1) is 19.0. The van der Waals surface area contributed by atoms with Crippen molar-refractivity contribution in [2.24, 2.45) is 0 Å². The average molecular weight is 567 g/mol. The lowest BCUT2D eigenvalue weighted by Gasteiger charge is -2.43. The fourth-order valence-corrected chi connectivity index (χ4v) is 7.46. The maximum absolute atomic E-state index is 14.4. The van der Waals surface area contributed by atoms with Gasteiger partial charge in [0.15, 0.2) is 10.9 Å². The van der Waals surface area contributed by atoms with Crippen LogP contribution in [0.1, 0.15) is 42.7 Å². The Bertz CT molecular complexity index is 1560. The summed E-state index contributed by atoms with van der Waals surface area (Å²) in [4.78, 5) is 35.0. The maximum atomic E-state index is 14.4. The minimum atomic E-state index is -1.67. The van der Waals surface area contributed by atoms with Gasteiger partial charge in [0, 0.05) is 23.5 Å². The van der Waals surface area contributed by atoms with Crippen LogP contribution in [0.5, 0.6) is 5.75 Å². The molecule has 4 heterocycles. The molecule has 1 aliphatic carbocycles. The Labute approximate surface area is 233 Å². The number of nitrogens with zero attached hydrogens (tertiary/aromatic N) is 6. The van der Waals surface area contributed by atoms with Gasteiger partial charge in [-0.1, -0.05) is 23.9 Å². The number of aromatic nitrogens is 5. The minimum absolute atomic E-state index is 0.129. The molecule has 0 spiro atoms. The Morgan fingerprint density at radius 1 is 1.03 bits per heavy atom. The number of nitrogens with one attached hydrogen (secondary N) is 2. The molecule has 6 rings (SSSR count). The molecule has 11 nitrogen and oxygen atoms in total. The van der Waals surface area contributed by atoms with Crippen molar-refractivity contribution in [3.63, 3.8) is 0 Å². The van der Waals surface area contributed by atoms with E-state index in [1.54, 1.807) is 42.7 Å². The van der Waals surface area contributed by atoms with Gasteiger partial charge in [-0.3, -0.25) is 4.79 Å². The Hall–Kier alpha value is -3.42. The van der Waals surface area contributed by atoms with Crippen molar-refractivity contribution in [3.8, 4) is 5.75 Å². The van der Waals surface area contributed by atoms with Gasteiger partial charge in [-0.25, -0.2) is 9.99 Å². The number of thioether (sulfide) groups is 1. The number of benzene rings is 1. The zero-order chi connectivity index (χ0) is 27.1. The summed E-state index contributed by atoms with van der Waals surface area (Å²) in [6.45, 7) is 5.07. The Balaban J connectivity index is 1.62. The largest absolute Gasteiger partial charge is 0.497 e. The van der Waals surface area contributed by atoms with Crippen LogP contribution in [0.3, 0.4) is 0 Å². The third kappa shape index (κ3) is 4.38. The van der Waals surface area contributed by atoms with Gasteiger partial charge in [-0.05, 0) is 57.2 Å². The van der Waals surface area contributed by atoms with Crippen molar-refractivity contribution < 1.29 is 9.84 Å². The van der Waals surface area contributed by atoms with E-state index in [2.05, 4.69) is 25.6 Å². The molecule has 0 bridgehead atoms. The first-order valence-electron chi connectivity index (χ1n) is 13.1. The standard InChI is InChI=1S/C26H30N8O3S2/c1-4-27-22-30-23(28-5-2)32-24(31-22)34-26(36,15-10-12-16(37-3)13-11-15)14-38-25-29-20-19(21(35)33(25)34)17-8-6-7-9-18(17)39-20/h10-13,36H,4-9,14H2,1-3H3,(H2,27,28,30,31,32). The molecule has 0 amide bonds. The number of fused-ring (bicyclic) bond motifs is 4. The number of aliphatic hydroxyl groups is 1. The molecule has 1 atom stereocenters. The third-order valence-electron chi connectivity index (χ3n) is 6.93. The van der Waals surface area contributed by atoms with Gasteiger partial charge in [0.2, 0.25) is 11.9 Å². The highest BCUT2D eigenvalue weighted by Gasteiger charge is 2.46. The van der Waals surface area contributed by atoms with E-state index in [-0.39, 0.29) is 17.3 Å². The number of hydrogen-bond donors (Lipinski definition) is 3. The molecule has 0 saturated carbocycles. The molecule has 0 saturated heterocycles. The van der Waals surface area contributed by atoms with E-state index < -0.39 is 5.72 Å². The molecule has 3 N–H and O–H groups in total. The van der Waals surface area contributed by atoms with Crippen LogP contribution in [0.15, 0.2) is 34.2 Å². The highest BCUT2D eigenvalue weighted by atomic mass is 32.2. The van der Waals surface area contributed by atoms with Crippen molar-refractivity contribution in [2.45, 2.75) is 50.4 Å². The summed E-state index contributed by atoms with van der Waals surface area (Å²) in [5.41, 5.74) is -0.261. The second-order valence-electron chi connectivity index (χ2n) is 9.39. The van der Waals surface area contributed by atoms with Crippen LogP contribution in [0.2, 0.25) is 0 Å². The van der Waals surface area contributed by atoms with Gasteiger partial charge < -0.3 is 20.5 Å². The molecule has 1 aromatic carbocycles. The highest BCUT2D eigenvalue weighted by molar-refractivity contribution is 7.99. The van der Waals surface area contributed by atoms with Gasteiger partial charge in [0.05, 0.1) is 18.2 Å². The smallest absolute Gasteiger partial charge is 0.282 e. The molecule has 1 aliphatic heterocycles. The second-order valence-corrected chi connectivity index (χ2v) is 11.4. The van der Waals surface area contributed by atoms with Gasteiger partial charge in [0.1, 0.15) is 10.6 Å². The van der Waals surface area contributed by atoms with Crippen LogP contribution in [0, 0.1) is 0 Å². The first-order valence-corrected chi connectivity index (χ1v) is 14.9. The molecule has 2 aliphatic rings. The highest BCUT2D eigenvalue weighted by Crippen LogP contribution is 2.42. The van der Waals surface area contributed by atoms with Crippen LogP contribution in [0.25, 0.3) is 10.2 Å². The second kappa shape index (κ2) is 10.3. The number of aryl methyl sites for hydroxylation is 2. The SMILES string of the molecule is CCNc1nc(NCC)nc(N2n3c(nc4sc5c(c4c3=O)CCCC5)SCC2(O)c2ccc(OC)cc2)n1. The molecule has 4 aromatic rings. The van der Waals surface area contributed by atoms with Gasteiger partial charge in [-0.15, -0.1) is 11.3 Å². The van der Waals surface area contributed by atoms with Crippen LogP contribution in [-0.2, 0) is 18.6 Å². The Morgan fingerprint density at radius 3 is 2.38 bits per heavy atom. The molecular formula is C26H30N8O3S2. The summed E-state index contributed by atoms with van der Waals surface area (Å²) in [7, 11) is 1.59. The Morgan fingerprint density at radius 2 is 1.72 bits per heavy atom. The first kappa shape index (κ1) is 25.8. The summed E-state index contributed by atoms with van der Waals surface area (Å²) in [5.74, 6) is 1.66. The maximum Gasteiger partial charge on any atom is 0.282 e. The Kier molecular flexibility index (Phi) is 6.81. The lowest BCUT2D eigenvalue weighted by atomic mass is 9.97. The van der Waals surface area contributed by atoms with E-state index in [1.165, 1.54) is 26.3 Å². The summed E-state index contributed by atoms with van der Waals surface area (Å²) in [5, 5.41) is 21.3. The molecular weight excluding hydrogens is 536 g/mol. The number of hydrogen-bond acceptors (Lipinski definition) is 12. The lowest BCUT2D eigenvalue weighted by molar-refractivity contribution is 0.0383. The predicted octanol–water partition coefficient (Wildman–Crippen LogP) is 3.61. The van der Waals surface area contributed by atoms with Crippen molar-refractivity contribution in [2.75, 3.05) is 41.6 Å².